The van der Waals surface area contributed by atoms with Gasteiger partial charge in [-0.15, -0.1) is 0 Å². The smallest absolute Gasteiger partial charge is 0.411 e. The standard InChI is InChI=1S/C15H18N2O5/c1-21-14(19)12-8-7-11(13(16)18)17(12)15(20)22-9-10-5-3-2-4-6-10/h2-6,11-12H,7-9H2,1H3,(H2,16,18)/t11-,12-/m1/s1. The van der Waals surface area contributed by atoms with Crippen LogP contribution >= 0.6 is 0 Å². The van der Waals surface area contributed by atoms with Crippen molar-refractivity contribution in [2.75, 3.05) is 7.11 Å². The van der Waals surface area contributed by atoms with Gasteiger partial charge in [-0.25, -0.2) is 9.59 Å². The lowest BCUT2D eigenvalue weighted by atomic mass is 10.2. The highest BCUT2D eigenvalue weighted by atomic mass is 16.6. The second-order valence-corrected chi connectivity index (χ2v) is 4.98. The van der Waals surface area contributed by atoms with E-state index in [9.17, 15) is 14.4 Å². The van der Waals surface area contributed by atoms with Gasteiger partial charge in [0.25, 0.3) is 0 Å². The summed E-state index contributed by atoms with van der Waals surface area (Å²) in [5.41, 5.74) is 6.10. The van der Waals surface area contributed by atoms with Crippen molar-refractivity contribution < 1.29 is 23.9 Å². The molecule has 0 saturated carbocycles. The van der Waals surface area contributed by atoms with E-state index in [4.69, 9.17) is 10.5 Å². The summed E-state index contributed by atoms with van der Waals surface area (Å²) in [4.78, 5) is 36.5. The van der Waals surface area contributed by atoms with E-state index in [1.807, 2.05) is 18.2 Å². The van der Waals surface area contributed by atoms with Crippen LogP contribution in [0.4, 0.5) is 4.79 Å². The number of primary amides is 1. The molecule has 2 N–H and O–H groups in total. The van der Waals surface area contributed by atoms with Crippen molar-refractivity contribution in [1.29, 1.82) is 0 Å². The number of hydrogen-bond donors (Lipinski definition) is 1. The molecule has 2 amide bonds. The predicted molar refractivity (Wildman–Crippen MR) is 76.5 cm³/mol. The number of hydrogen-bond acceptors (Lipinski definition) is 5. The highest BCUT2D eigenvalue weighted by Crippen LogP contribution is 2.26. The summed E-state index contributed by atoms with van der Waals surface area (Å²) in [5.74, 6) is -1.25. The second kappa shape index (κ2) is 6.93. The Labute approximate surface area is 128 Å². The molecule has 0 unspecified atom stereocenters. The fraction of sp³-hybridized carbons (Fsp3) is 0.400. The highest BCUT2D eigenvalue weighted by Gasteiger charge is 2.45. The number of ether oxygens (including phenoxy) is 2. The summed E-state index contributed by atoms with van der Waals surface area (Å²) in [6, 6.07) is 7.41. The van der Waals surface area contributed by atoms with Gasteiger partial charge in [-0.2, -0.15) is 0 Å². The normalized spacial score (nSPS) is 20.5. The lowest BCUT2D eigenvalue weighted by Crippen LogP contribution is -2.50. The van der Waals surface area contributed by atoms with Gasteiger partial charge >= 0.3 is 12.1 Å². The molecule has 0 spiro atoms. The number of carbonyl (C=O) groups is 3. The molecule has 1 heterocycles. The zero-order chi connectivity index (χ0) is 16.1. The number of amides is 2. The zero-order valence-electron chi connectivity index (χ0n) is 12.2. The minimum atomic E-state index is -0.854. The molecule has 1 aliphatic rings. The quantitative estimate of drug-likeness (QED) is 0.830. The first-order valence-corrected chi connectivity index (χ1v) is 6.90. The number of rotatable bonds is 4. The van der Waals surface area contributed by atoms with Gasteiger partial charge in [-0.1, -0.05) is 30.3 Å². The lowest BCUT2D eigenvalue weighted by Gasteiger charge is -2.26. The van der Waals surface area contributed by atoms with Crippen molar-refractivity contribution in [3.63, 3.8) is 0 Å². The van der Waals surface area contributed by atoms with Gasteiger partial charge in [0.2, 0.25) is 5.91 Å². The first-order valence-electron chi connectivity index (χ1n) is 6.90. The molecule has 1 fully saturated rings. The maximum Gasteiger partial charge on any atom is 0.411 e. The third kappa shape index (κ3) is 3.36. The fourth-order valence-corrected chi connectivity index (χ4v) is 2.51. The van der Waals surface area contributed by atoms with Crippen LogP contribution in [0.2, 0.25) is 0 Å². The SMILES string of the molecule is COC(=O)[C@H]1CC[C@H](C(N)=O)N1C(=O)OCc1ccccc1. The van der Waals surface area contributed by atoms with Crippen LogP contribution in [0.1, 0.15) is 18.4 Å². The Morgan fingerprint density at radius 1 is 1.18 bits per heavy atom. The average Bonchev–Trinajstić information content (AvgIpc) is 2.98. The van der Waals surface area contributed by atoms with Crippen molar-refractivity contribution in [2.45, 2.75) is 31.5 Å². The van der Waals surface area contributed by atoms with E-state index in [0.717, 1.165) is 10.5 Å². The van der Waals surface area contributed by atoms with Crippen LogP contribution in [0.25, 0.3) is 0 Å². The van der Waals surface area contributed by atoms with Crippen molar-refractivity contribution in [3.05, 3.63) is 35.9 Å². The number of nitrogens with zero attached hydrogens (tertiary/aromatic N) is 1. The predicted octanol–water partition coefficient (Wildman–Crippen LogP) is 0.815. The first kappa shape index (κ1) is 15.8. The van der Waals surface area contributed by atoms with E-state index in [1.54, 1.807) is 12.1 Å². The van der Waals surface area contributed by atoms with Crippen molar-refractivity contribution in [2.24, 2.45) is 5.73 Å². The Morgan fingerprint density at radius 2 is 1.82 bits per heavy atom. The maximum atomic E-state index is 12.3. The summed E-state index contributed by atoms with van der Waals surface area (Å²) < 4.78 is 9.85. The van der Waals surface area contributed by atoms with Gasteiger partial charge in [0, 0.05) is 0 Å². The number of likely N-dealkylation sites (tertiary alicyclic amines) is 1. The first-order chi connectivity index (χ1) is 10.5. The molecule has 1 aliphatic heterocycles. The van der Waals surface area contributed by atoms with E-state index in [1.165, 1.54) is 7.11 Å². The number of nitrogens with two attached hydrogens (primary N) is 1. The summed E-state index contributed by atoms with van der Waals surface area (Å²) >= 11 is 0. The Morgan fingerprint density at radius 3 is 2.41 bits per heavy atom. The van der Waals surface area contributed by atoms with Crippen LogP contribution in [0.5, 0.6) is 0 Å². The number of carbonyl (C=O) groups excluding carboxylic acids is 3. The summed E-state index contributed by atoms with van der Waals surface area (Å²) in [6.07, 6.45) is -0.114. The molecular formula is C15H18N2O5. The van der Waals surface area contributed by atoms with Crippen LogP contribution in [0, 0.1) is 0 Å². The molecule has 0 aromatic heterocycles. The highest BCUT2D eigenvalue weighted by molar-refractivity contribution is 5.89. The zero-order valence-corrected chi connectivity index (χ0v) is 12.2. The Hall–Kier alpha value is -2.57. The molecule has 2 rings (SSSR count). The van der Waals surface area contributed by atoms with Crippen molar-refractivity contribution >= 4 is 18.0 Å². The van der Waals surface area contributed by atoms with Crippen LogP contribution in [-0.2, 0) is 25.7 Å². The van der Waals surface area contributed by atoms with E-state index in [2.05, 4.69) is 4.74 Å². The third-order valence-electron chi connectivity index (χ3n) is 3.60. The number of benzene rings is 1. The minimum absolute atomic E-state index is 0.0511. The van der Waals surface area contributed by atoms with Gasteiger partial charge in [-0.05, 0) is 18.4 Å². The van der Waals surface area contributed by atoms with Crippen molar-refractivity contribution in [3.8, 4) is 0 Å². The molecule has 0 aliphatic carbocycles. The van der Waals surface area contributed by atoms with Crippen LogP contribution < -0.4 is 5.73 Å². The van der Waals surface area contributed by atoms with Gasteiger partial charge in [0.1, 0.15) is 18.7 Å². The fourth-order valence-electron chi connectivity index (χ4n) is 2.51. The molecule has 0 bridgehead atoms. The Bertz CT molecular complexity index is 560. The Kier molecular flexibility index (Phi) is 4.98. The third-order valence-corrected chi connectivity index (χ3v) is 3.60. The summed E-state index contributed by atoms with van der Waals surface area (Å²) in [7, 11) is 1.23. The molecule has 1 aromatic carbocycles. The largest absolute Gasteiger partial charge is 0.467 e. The molecule has 2 atom stereocenters. The van der Waals surface area contributed by atoms with Crippen LogP contribution in [-0.4, -0.2) is 42.1 Å². The molecule has 1 aromatic rings. The van der Waals surface area contributed by atoms with E-state index in [-0.39, 0.29) is 6.61 Å². The molecule has 22 heavy (non-hydrogen) atoms. The van der Waals surface area contributed by atoms with E-state index >= 15 is 0 Å². The van der Waals surface area contributed by atoms with E-state index < -0.39 is 30.1 Å². The average molecular weight is 306 g/mol. The number of methoxy groups -OCH3 is 1. The number of esters is 1. The molecule has 7 nitrogen and oxygen atoms in total. The van der Waals surface area contributed by atoms with Gasteiger partial charge in [-0.3, -0.25) is 9.69 Å². The molecule has 0 radical (unpaired) electrons. The second-order valence-electron chi connectivity index (χ2n) is 4.98. The van der Waals surface area contributed by atoms with E-state index in [0.29, 0.717) is 12.8 Å². The van der Waals surface area contributed by atoms with Gasteiger partial charge in [0.05, 0.1) is 7.11 Å². The topological polar surface area (TPSA) is 98.9 Å². The summed E-state index contributed by atoms with van der Waals surface area (Å²) in [6.45, 7) is 0.0511. The Balaban J connectivity index is 2.08. The molecular weight excluding hydrogens is 288 g/mol. The molecule has 118 valence electrons. The maximum absolute atomic E-state index is 12.3. The van der Waals surface area contributed by atoms with Crippen LogP contribution in [0.15, 0.2) is 30.3 Å². The molecule has 7 heteroatoms. The monoisotopic (exact) mass is 306 g/mol. The van der Waals surface area contributed by atoms with Crippen molar-refractivity contribution in [1.82, 2.24) is 4.90 Å². The van der Waals surface area contributed by atoms with Gasteiger partial charge in [0.15, 0.2) is 0 Å². The lowest BCUT2D eigenvalue weighted by molar-refractivity contribution is -0.146. The van der Waals surface area contributed by atoms with Crippen LogP contribution in [0.3, 0.4) is 0 Å². The minimum Gasteiger partial charge on any atom is -0.467 e. The summed E-state index contributed by atoms with van der Waals surface area (Å²) in [5, 5.41) is 0. The van der Waals surface area contributed by atoms with Gasteiger partial charge < -0.3 is 15.2 Å². The molecule has 1 saturated heterocycles.